The number of aliphatic hydroxyl groups is 1. The maximum atomic E-state index is 13.3. The summed E-state index contributed by atoms with van der Waals surface area (Å²) in [6.45, 7) is 3.99. The highest BCUT2D eigenvalue weighted by Gasteiger charge is 2.47. The Bertz CT molecular complexity index is 1300. The minimum atomic E-state index is -0.940. The number of hydrogen-bond acceptors (Lipinski definition) is 5. The fraction of sp³-hybridized carbons (Fsp3) is 0.185. The first kappa shape index (κ1) is 23.4. The molecule has 1 saturated heterocycles. The molecule has 3 aromatic rings. The van der Waals surface area contributed by atoms with Crippen LogP contribution in [0.4, 0.5) is 5.69 Å². The Morgan fingerprint density at radius 3 is 2.35 bits per heavy atom. The molecule has 7 heteroatoms. The van der Waals surface area contributed by atoms with Crippen molar-refractivity contribution in [2.45, 2.75) is 25.8 Å². The summed E-state index contributed by atoms with van der Waals surface area (Å²) in [5.74, 6) is -1.23. The first-order valence-corrected chi connectivity index (χ1v) is 11.1. The summed E-state index contributed by atoms with van der Waals surface area (Å²) in [5.41, 5.74) is 2.16. The van der Waals surface area contributed by atoms with Gasteiger partial charge in [-0.25, -0.2) is 0 Å². The number of hydrogen-bond donors (Lipinski definition) is 2. The molecule has 34 heavy (non-hydrogen) atoms. The number of nitrogens with zero attached hydrogens (tertiary/aromatic N) is 1. The van der Waals surface area contributed by atoms with Gasteiger partial charge in [-0.1, -0.05) is 49.7 Å². The van der Waals surface area contributed by atoms with Crippen molar-refractivity contribution in [2.75, 3.05) is 12.0 Å². The van der Waals surface area contributed by atoms with Crippen LogP contribution in [-0.2, 0) is 9.59 Å². The van der Waals surface area contributed by atoms with Crippen LogP contribution in [0, 0.1) is 0 Å². The van der Waals surface area contributed by atoms with Crippen molar-refractivity contribution in [1.82, 2.24) is 0 Å². The Kier molecular flexibility index (Phi) is 6.35. The summed E-state index contributed by atoms with van der Waals surface area (Å²) in [5, 5.41) is 21.3. The average Bonchev–Trinajstić information content (AvgIpc) is 3.10. The molecule has 0 spiro atoms. The Balaban J connectivity index is 1.96. The predicted molar refractivity (Wildman–Crippen MR) is 131 cm³/mol. The van der Waals surface area contributed by atoms with E-state index < -0.39 is 17.7 Å². The molecule has 4 rings (SSSR count). The number of aliphatic hydroxyl groups excluding tert-OH is 1. The standard InChI is InChI=1S/C27H24ClNO5/c1-15(2)19-13-17(10-12-22(19)34-3)25(31)23-24(16-9-11-21(30)20(28)14-16)29(27(33)26(23)32)18-7-5-4-6-8-18/h4-15,24,30-31H,1-3H3/b25-23-. The third-order valence-electron chi connectivity index (χ3n) is 5.89. The number of ketones is 1. The first-order chi connectivity index (χ1) is 16.2. The second-order valence-electron chi connectivity index (χ2n) is 8.33. The normalized spacial score (nSPS) is 17.4. The number of carbonyl (C=O) groups excluding carboxylic acids is 2. The molecule has 0 aromatic heterocycles. The zero-order chi connectivity index (χ0) is 24.6. The van der Waals surface area contributed by atoms with Gasteiger partial charge in [0.15, 0.2) is 0 Å². The van der Waals surface area contributed by atoms with E-state index in [-0.39, 0.29) is 28.0 Å². The first-order valence-electron chi connectivity index (χ1n) is 10.8. The van der Waals surface area contributed by atoms with Crippen LogP contribution in [0.15, 0.2) is 72.3 Å². The molecule has 1 unspecified atom stereocenters. The van der Waals surface area contributed by atoms with Crippen LogP contribution >= 0.6 is 11.6 Å². The van der Waals surface area contributed by atoms with Gasteiger partial charge >= 0.3 is 0 Å². The van der Waals surface area contributed by atoms with E-state index in [4.69, 9.17) is 16.3 Å². The molecule has 1 amide bonds. The van der Waals surface area contributed by atoms with Gasteiger partial charge in [0.1, 0.15) is 17.3 Å². The van der Waals surface area contributed by atoms with E-state index in [1.54, 1.807) is 61.7 Å². The van der Waals surface area contributed by atoms with Crippen LogP contribution in [-0.4, -0.2) is 29.0 Å². The van der Waals surface area contributed by atoms with Crippen LogP contribution < -0.4 is 9.64 Å². The van der Waals surface area contributed by atoms with E-state index in [0.29, 0.717) is 22.6 Å². The number of carbonyl (C=O) groups is 2. The molecule has 1 aliphatic heterocycles. The monoisotopic (exact) mass is 477 g/mol. The van der Waals surface area contributed by atoms with Crippen LogP contribution in [0.25, 0.3) is 5.76 Å². The molecule has 174 valence electrons. The van der Waals surface area contributed by atoms with Crippen molar-refractivity contribution in [3.8, 4) is 11.5 Å². The molecular formula is C27H24ClNO5. The van der Waals surface area contributed by atoms with Gasteiger partial charge in [0.2, 0.25) is 0 Å². The lowest BCUT2D eigenvalue weighted by Crippen LogP contribution is -2.29. The lowest BCUT2D eigenvalue weighted by atomic mass is 9.93. The van der Waals surface area contributed by atoms with Crippen LogP contribution in [0.5, 0.6) is 11.5 Å². The van der Waals surface area contributed by atoms with Gasteiger partial charge in [-0.15, -0.1) is 0 Å². The number of aromatic hydroxyl groups is 1. The molecule has 0 saturated carbocycles. The molecular weight excluding hydrogens is 454 g/mol. The Morgan fingerprint density at radius 1 is 1.03 bits per heavy atom. The number of para-hydroxylation sites is 1. The molecule has 1 fully saturated rings. The smallest absolute Gasteiger partial charge is 0.300 e. The minimum absolute atomic E-state index is 0.0597. The number of phenols is 1. The van der Waals surface area contributed by atoms with Gasteiger partial charge in [0.25, 0.3) is 11.7 Å². The summed E-state index contributed by atoms with van der Waals surface area (Å²) in [6, 6.07) is 17.4. The number of anilines is 1. The molecule has 3 aromatic carbocycles. The second kappa shape index (κ2) is 9.23. The summed E-state index contributed by atoms with van der Waals surface area (Å²) >= 11 is 6.16. The van der Waals surface area contributed by atoms with E-state index in [2.05, 4.69) is 0 Å². The highest BCUT2D eigenvalue weighted by atomic mass is 35.5. The van der Waals surface area contributed by atoms with Gasteiger partial charge in [0.05, 0.1) is 23.7 Å². The highest BCUT2D eigenvalue weighted by molar-refractivity contribution is 6.51. The van der Waals surface area contributed by atoms with Crippen LogP contribution in [0.2, 0.25) is 5.02 Å². The number of ether oxygens (including phenoxy) is 1. The van der Waals surface area contributed by atoms with Gasteiger partial charge in [-0.3, -0.25) is 14.5 Å². The topological polar surface area (TPSA) is 87.1 Å². The summed E-state index contributed by atoms with van der Waals surface area (Å²) in [4.78, 5) is 27.8. The molecule has 1 aliphatic rings. The number of halogens is 1. The number of benzene rings is 3. The van der Waals surface area contributed by atoms with Crippen molar-refractivity contribution in [2.24, 2.45) is 0 Å². The van der Waals surface area contributed by atoms with Crippen LogP contribution in [0.3, 0.4) is 0 Å². The molecule has 0 radical (unpaired) electrons. The zero-order valence-electron chi connectivity index (χ0n) is 18.9. The van der Waals surface area contributed by atoms with Crippen molar-refractivity contribution >= 4 is 34.7 Å². The number of Topliss-reactive ketones (excluding diaryl/α,β-unsaturated/α-hetero) is 1. The molecule has 6 nitrogen and oxygen atoms in total. The number of methoxy groups -OCH3 is 1. The number of rotatable bonds is 5. The fourth-order valence-corrected chi connectivity index (χ4v) is 4.37. The molecule has 0 bridgehead atoms. The van der Waals surface area contributed by atoms with Gasteiger partial charge in [0, 0.05) is 11.3 Å². The molecule has 0 aliphatic carbocycles. The van der Waals surface area contributed by atoms with E-state index in [0.717, 1.165) is 5.56 Å². The molecule has 1 atom stereocenters. The van der Waals surface area contributed by atoms with E-state index in [1.807, 2.05) is 13.8 Å². The Labute approximate surface area is 202 Å². The van der Waals surface area contributed by atoms with Gasteiger partial charge < -0.3 is 14.9 Å². The summed E-state index contributed by atoms with van der Waals surface area (Å²) < 4.78 is 5.43. The van der Waals surface area contributed by atoms with Crippen molar-refractivity contribution in [3.05, 3.63) is 94.0 Å². The van der Waals surface area contributed by atoms with E-state index in [9.17, 15) is 19.8 Å². The predicted octanol–water partition coefficient (Wildman–Crippen LogP) is 5.80. The largest absolute Gasteiger partial charge is 0.507 e. The lowest BCUT2D eigenvalue weighted by Gasteiger charge is -2.25. The van der Waals surface area contributed by atoms with Crippen molar-refractivity contribution in [3.63, 3.8) is 0 Å². The van der Waals surface area contributed by atoms with Crippen LogP contribution in [0.1, 0.15) is 42.5 Å². The third kappa shape index (κ3) is 4.01. The quantitative estimate of drug-likeness (QED) is 0.275. The summed E-state index contributed by atoms with van der Waals surface area (Å²) in [6.07, 6.45) is 0. The highest BCUT2D eigenvalue weighted by Crippen LogP contribution is 2.44. The van der Waals surface area contributed by atoms with Crippen molar-refractivity contribution in [1.29, 1.82) is 0 Å². The number of amides is 1. The van der Waals surface area contributed by atoms with Crippen molar-refractivity contribution < 1.29 is 24.5 Å². The Hall–Kier alpha value is -3.77. The fourth-order valence-electron chi connectivity index (χ4n) is 4.18. The SMILES string of the molecule is COc1ccc(/C(O)=C2/C(=O)C(=O)N(c3ccccc3)C2c2ccc(O)c(Cl)c2)cc1C(C)C. The third-order valence-corrected chi connectivity index (χ3v) is 6.19. The zero-order valence-corrected chi connectivity index (χ0v) is 19.7. The molecule has 2 N–H and O–H groups in total. The lowest BCUT2D eigenvalue weighted by molar-refractivity contribution is -0.132. The second-order valence-corrected chi connectivity index (χ2v) is 8.73. The average molecular weight is 478 g/mol. The minimum Gasteiger partial charge on any atom is -0.507 e. The number of phenolic OH excluding ortho intramolecular Hbond substituents is 1. The van der Waals surface area contributed by atoms with Gasteiger partial charge in [-0.05, 0) is 59.5 Å². The maximum absolute atomic E-state index is 13.3. The van der Waals surface area contributed by atoms with E-state index in [1.165, 1.54) is 17.0 Å². The molecule has 1 heterocycles. The van der Waals surface area contributed by atoms with Gasteiger partial charge in [-0.2, -0.15) is 0 Å². The van der Waals surface area contributed by atoms with E-state index >= 15 is 0 Å². The maximum Gasteiger partial charge on any atom is 0.300 e. The summed E-state index contributed by atoms with van der Waals surface area (Å²) in [7, 11) is 1.57. The Morgan fingerprint density at radius 2 is 1.74 bits per heavy atom.